The van der Waals surface area contributed by atoms with Crippen molar-refractivity contribution in [1.29, 1.82) is 0 Å². The first-order valence-corrected chi connectivity index (χ1v) is 7.13. The third-order valence-electron chi connectivity index (χ3n) is 2.71. The Labute approximate surface area is 132 Å². The summed E-state index contributed by atoms with van der Waals surface area (Å²) >= 11 is 11.7. The van der Waals surface area contributed by atoms with Gasteiger partial charge in [-0.05, 0) is 19.1 Å². The number of ether oxygens (including phenoxy) is 1. The molecule has 0 saturated carbocycles. The van der Waals surface area contributed by atoms with Crippen LogP contribution in [0.25, 0.3) is 0 Å². The number of aromatic nitrogens is 2. The molecule has 1 aromatic heterocycles. The second kappa shape index (κ2) is 7.33. The van der Waals surface area contributed by atoms with E-state index in [4.69, 9.17) is 27.9 Å². The molecule has 1 atom stereocenters. The Balaban J connectivity index is 1.77. The van der Waals surface area contributed by atoms with E-state index in [0.29, 0.717) is 22.3 Å². The number of rotatable bonds is 6. The lowest BCUT2D eigenvalue weighted by Gasteiger charge is -2.14. The molecule has 5 nitrogen and oxygen atoms in total. The highest BCUT2D eigenvalue weighted by atomic mass is 35.5. The molecule has 21 heavy (non-hydrogen) atoms. The van der Waals surface area contributed by atoms with Gasteiger partial charge < -0.3 is 14.6 Å². The van der Waals surface area contributed by atoms with Crippen molar-refractivity contribution in [3.63, 3.8) is 0 Å². The molecule has 0 spiro atoms. The van der Waals surface area contributed by atoms with E-state index in [1.54, 1.807) is 30.7 Å². The topological polar surface area (TPSA) is 56.2 Å². The summed E-state index contributed by atoms with van der Waals surface area (Å²) in [6, 6.07) is 4.84. The van der Waals surface area contributed by atoms with Crippen LogP contribution in [0.15, 0.2) is 36.9 Å². The molecule has 1 amide bonds. The predicted molar refractivity (Wildman–Crippen MR) is 81.8 cm³/mol. The van der Waals surface area contributed by atoms with Gasteiger partial charge in [-0.25, -0.2) is 4.98 Å². The summed E-state index contributed by atoms with van der Waals surface area (Å²) in [5, 5.41) is 3.68. The van der Waals surface area contributed by atoms with Crippen molar-refractivity contribution in [3.05, 3.63) is 47.0 Å². The monoisotopic (exact) mass is 327 g/mol. The van der Waals surface area contributed by atoms with Crippen LogP contribution < -0.4 is 10.1 Å². The molecule has 0 aliphatic carbocycles. The van der Waals surface area contributed by atoms with Gasteiger partial charge in [0.2, 0.25) is 0 Å². The number of benzene rings is 1. The van der Waals surface area contributed by atoms with Gasteiger partial charge in [0.15, 0.2) is 6.61 Å². The number of hydrogen-bond donors (Lipinski definition) is 1. The molecule has 2 rings (SSSR count). The van der Waals surface area contributed by atoms with Crippen LogP contribution in [-0.2, 0) is 11.3 Å². The second-order valence-corrected chi connectivity index (χ2v) is 5.41. The summed E-state index contributed by atoms with van der Waals surface area (Å²) in [4.78, 5) is 15.7. The maximum absolute atomic E-state index is 11.8. The van der Waals surface area contributed by atoms with Crippen molar-refractivity contribution < 1.29 is 9.53 Å². The zero-order chi connectivity index (χ0) is 15.2. The summed E-state index contributed by atoms with van der Waals surface area (Å²) in [7, 11) is 0. The molecular formula is C14H15Cl2N3O2. The third kappa shape index (κ3) is 4.95. The highest BCUT2D eigenvalue weighted by Gasteiger charge is 2.09. The van der Waals surface area contributed by atoms with Crippen LogP contribution in [0, 0.1) is 0 Å². The largest absolute Gasteiger partial charge is 0.484 e. The molecule has 7 heteroatoms. The normalized spacial score (nSPS) is 12.0. The van der Waals surface area contributed by atoms with Crippen LogP contribution in [-0.4, -0.2) is 28.1 Å². The van der Waals surface area contributed by atoms with Gasteiger partial charge in [0.25, 0.3) is 5.91 Å². The van der Waals surface area contributed by atoms with Gasteiger partial charge in [-0.1, -0.05) is 23.2 Å². The molecule has 1 aromatic carbocycles. The van der Waals surface area contributed by atoms with E-state index in [-0.39, 0.29) is 18.6 Å². The summed E-state index contributed by atoms with van der Waals surface area (Å²) in [5.41, 5.74) is 0. The van der Waals surface area contributed by atoms with E-state index < -0.39 is 0 Å². The van der Waals surface area contributed by atoms with Gasteiger partial charge in [0.1, 0.15) is 5.75 Å². The van der Waals surface area contributed by atoms with E-state index in [1.165, 1.54) is 0 Å². The maximum Gasteiger partial charge on any atom is 0.258 e. The average molecular weight is 328 g/mol. The van der Waals surface area contributed by atoms with Gasteiger partial charge in [-0.2, -0.15) is 0 Å². The second-order valence-electron chi connectivity index (χ2n) is 4.59. The Bertz CT molecular complexity index is 602. The zero-order valence-corrected chi connectivity index (χ0v) is 12.9. The molecule has 0 saturated heterocycles. The summed E-state index contributed by atoms with van der Waals surface area (Å²) < 4.78 is 7.26. The Morgan fingerprint density at radius 2 is 2.24 bits per heavy atom. The number of halogens is 2. The fourth-order valence-electron chi connectivity index (χ4n) is 1.79. The Hall–Kier alpha value is -1.72. The Morgan fingerprint density at radius 3 is 2.90 bits per heavy atom. The predicted octanol–water partition coefficient (Wildman–Crippen LogP) is 2.77. The van der Waals surface area contributed by atoms with E-state index in [0.717, 1.165) is 0 Å². The van der Waals surface area contributed by atoms with Crippen molar-refractivity contribution >= 4 is 29.1 Å². The highest BCUT2D eigenvalue weighted by molar-refractivity contribution is 6.42. The molecule has 112 valence electrons. The fourth-order valence-corrected chi connectivity index (χ4v) is 2.08. The average Bonchev–Trinajstić information content (AvgIpc) is 2.92. The first kappa shape index (κ1) is 15.7. The van der Waals surface area contributed by atoms with Crippen molar-refractivity contribution in [3.8, 4) is 5.75 Å². The lowest BCUT2D eigenvalue weighted by molar-refractivity contribution is -0.123. The lowest BCUT2D eigenvalue weighted by atomic mass is 10.3. The molecule has 1 heterocycles. The van der Waals surface area contributed by atoms with E-state index in [9.17, 15) is 4.79 Å². The maximum atomic E-state index is 11.8. The fraction of sp³-hybridized carbons (Fsp3) is 0.286. The van der Waals surface area contributed by atoms with Crippen LogP contribution in [0.4, 0.5) is 0 Å². The van der Waals surface area contributed by atoms with Crippen LogP contribution in [0.3, 0.4) is 0 Å². The first-order chi connectivity index (χ1) is 10.0. The van der Waals surface area contributed by atoms with Gasteiger partial charge in [0, 0.05) is 31.0 Å². The van der Waals surface area contributed by atoms with Gasteiger partial charge >= 0.3 is 0 Å². The van der Waals surface area contributed by atoms with Gasteiger partial charge in [0.05, 0.1) is 16.4 Å². The quantitative estimate of drug-likeness (QED) is 0.887. The minimum absolute atomic E-state index is 0.0240. The lowest BCUT2D eigenvalue weighted by Crippen LogP contribution is -2.38. The number of nitrogens with one attached hydrogen (secondary N) is 1. The summed E-state index contributed by atoms with van der Waals surface area (Å²) in [6.07, 6.45) is 5.24. The number of amides is 1. The number of carbonyl (C=O) groups excluding carboxylic acids is 1. The molecule has 0 unspecified atom stereocenters. The van der Waals surface area contributed by atoms with Crippen molar-refractivity contribution in [2.24, 2.45) is 0 Å². The molecular weight excluding hydrogens is 313 g/mol. The molecule has 0 aliphatic heterocycles. The molecule has 0 fully saturated rings. The minimum Gasteiger partial charge on any atom is -0.484 e. The standard InChI is InChI=1S/C14H15Cl2N3O2/c1-10(7-19-5-4-17-9-19)18-14(20)8-21-11-2-3-12(15)13(16)6-11/h2-6,9-10H,7-8H2,1H3,(H,18,20)/t10-/m0/s1. The Kier molecular flexibility index (Phi) is 5.47. The minimum atomic E-state index is -0.200. The van der Waals surface area contributed by atoms with Crippen LogP contribution in [0.5, 0.6) is 5.75 Å². The SMILES string of the molecule is C[C@@H](Cn1ccnc1)NC(=O)COc1ccc(Cl)c(Cl)c1. The van der Waals surface area contributed by atoms with Gasteiger partial charge in [-0.3, -0.25) is 4.79 Å². The number of carbonyl (C=O) groups is 1. The van der Waals surface area contributed by atoms with Gasteiger partial charge in [-0.15, -0.1) is 0 Å². The van der Waals surface area contributed by atoms with Crippen LogP contribution in [0.1, 0.15) is 6.92 Å². The van der Waals surface area contributed by atoms with Crippen molar-refractivity contribution in [1.82, 2.24) is 14.9 Å². The van der Waals surface area contributed by atoms with Crippen molar-refractivity contribution in [2.75, 3.05) is 6.61 Å². The number of nitrogens with zero attached hydrogens (tertiary/aromatic N) is 2. The van der Waals surface area contributed by atoms with E-state index >= 15 is 0 Å². The summed E-state index contributed by atoms with van der Waals surface area (Å²) in [6.45, 7) is 2.49. The van der Waals surface area contributed by atoms with E-state index in [1.807, 2.05) is 17.7 Å². The summed E-state index contributed by atoms with van der Waals surface area (Å²) in [5.74, 6) is 0.301. The first-order valence-electron chi connectivity index (χ1n) is 6.37. The highest BCUT2D eigenvalue weighted by Crippen LogP contribution is 2.26. The zero-order valence-electron chi connectivity index (χ0n) is 11.4. The van der Waals surface area contributed by atoms with Crippen LogP contribution >= 0.6 is 23.2 Å². The molecule has 0 bridgehead atoms. The number of imidazole rings is 1. The molecule has 0 aliphatic rings. The number of hydrogen-bond acceptors (Lipinski definition) is 3. The van der Waals surface area contributed by atoms with E-state index in [2.05, 4.69) is 10.3 Å². The molecule has 1 N–H and O–H groups in total. The van der Waals surface area contributed by atoms with Crippen LogP contribution in [0.2, 0.25) is 10.0 Å². The molecule has 2 aromatic rings. The smallest absolute Gasteiger partial charge is 0.258 e. The Morgan fingerprint density at radius 1 is 1.43 bits per heavy atom. The van der Waals surface area contributed by atoms with Crippen molar-refractivity contribution in [2.45, 2.75) is 19.5 Å². The third-order valence-corrected chi connectivity index (χ3v) is 3.45. The molecule has 0 radical (unpaired) electrons.